The summed E-state index contributed by atoms with van der Waals surface area (Å²) in [6.07, 6.45) is 5.89. The van der Waals surface area contributed by atoms with Crippen molar-refractivity contribution in [3.63, 3.8) is 0 Å². The number of nitrogens with zero attached hydrogens (tertiary/aromatic N) is 2. The molecule has 0 aromatic carbocycles. The maximum atomic E-state index is 6.61. The van der Waals surface area contributed by atoms with Crippen molar-refractivity contribution in [1.29, 1.82) is 5.41 Å². The molecule has 0 rings (SSSR count). The molecule has 66 valence electrons. The van der Waals surface area contributed by atoms with Crippen LogP contribution in [-0.2, 0) is 0 Å². The van der Waals surface area contributed by atoms with Crippen molar-refractivity contribution < 1.29 is 0 Å². The number of hydrogen-bond donors (Lipinski definition) is 2. The molecule has 0 aromatic rings. The number of amidine groups is 1. The number of allylic oxidation sites excluding steroid dienone is 1. The average molecular weight is 166 g/mol. The third-order valence-corrected chi connectivity index (χ3v) is 0.977. The smallest absolute Gasteiger partial charge is 0.143 e. The van der Waals surface area contributed by atoms with Crippen LogP contribution in [0, 0.1) is 11.3 Å². The van der Waals surface area contributed by atoms with E-state index in [1.165, 1.54) is 6.21 Å². The van der Waals surface area contributed by atoms with Crippen LogP contribution in [-0.4, -0.2) is 18.4 Å². The van der Waals surface area contributed by atoms with Crippen molar-refractivity contribution in [2.75, 3.05) is 0 Å². The largest absolute Gasteiger partial charge is 0.382 e. The molecule has 0 bridgehead atoms. The number of nitrogens with one attached hydrogen (secondary N) is 1. The molecular formula is C8H14N4. The van der Waals surface area contributed by atoms with Gasteiger partial charge < -0.3 is 5.73 Å². The van der Waals surface area contributed by atoms with Crippen LogP contribution in [0.25, 0.3) is 0 Å². The van der Waals surface area contributed by atoms with E-state index in [0.29, 0.717) is 5.92 Å². The zero-order valence-corrected chi connectivity index (χ0v) is 7.36. The van der Waals surface area contributed by atoms with Gasteiger partial charge in [-0.15, -0.1) is 0 Å². The van der Waals surface area contributed by atoms with Crippen LogP contribution in [0.3, 0.4) is 0 Å². The quantitative estimate of drug-likeness (QED) is 0.477. The van der Waals surface area contributed by atoms with Gasteiger partial charge >= 0.3 is 0 Å². The van der Waals surface area contributed by atoms with Gasteiger partial charge in [0, 0.05) is 6.20 Å². The van der Waals surface area contributed by atoms with Crippen LogP contribution >= 0.6 is 0 Å². The second-order valence-corrected chi connectivity index (χ2v) is 2.55. The Hall–Kier alpha value is -1.45. The van der Waals surface area contributed by atoms with Crippen LogP contribution in [0.5, 0.6) is 0 Å². The molecule has 3 N–H and O–H groups in total. The van der Waals surface area contributed by atoms with Gasteiger partial charge in [-0.05, 0) is 5.92 Å². The summed E-state index contributed by atoms with van der Waals surface area (Å²) < 4.78 is 0. The molecule has 0 heterocycles. The standard InChI is InChI=1S/C8H14N4/c1-7(2)3-4-11-5-8(10)12-6-9/h3-7H,1-2H3,(H3,9,10,12)/b4-3+,11-5?. The van der Waals surface area contributed by atoms with E-state index >= 15 is 0 Å². The van der Waals surface area contributed by atoms with Crippen molar-refractivity contribution in [3.05, 3.63) is 12.3 Å². The fourth-order valence-corrected chi connectivity index (χ4v) is 0.449. The summed E-state index contributed by atoms with van der Waals surface area (Å²) in [5, 5.41) is 6.61. The first-order chi connectivity index (χ1) is 5.66. The van der Waals surface area contributed by atoms with E-state index in [1.807, 2.05) is 6.08 Å². The molecule has 0 fully saturated rings. The van der Waals surface area contributed by atoms with Crippen LogP contribution in [0.1, 0.15) is 13.8 Å². The highest BCUT2D eigenvalue weighted by molar-refractivity contribution is 6.30. The van der Waals surface area contributed by atoms with Crippen LogP contribution in [0.4, 0.5) is 0 Å². The van der Waals surface area contributed by atoms with Crippen molar-refractivity contribution >= 4 is 18.4 Å². The molecule has 0 saturated heterocycles. The summed E-state index contributed by atoms with van der Waals surface area (Å²) in [4.78, 5) is 7.36. The highest BCUT2D eigenvalue weighted by Gasteiger charge is 1.81. The van der Waals surface area contributed by atoms with E-state index < -0.39 is 0 Å². The van der Waals surface area contributed by atoms with Gasteiger partial charge in [-0.2, -0.15) is 0 Å². The molecule has 0 aliphatic heterocycles. The summed E-state index contributed by atoms with van der Waals surface area (Å²) in [5.41, 5.74) is 5.32. The average Bonchev–Trinajstić information content (AvgIpc) is 1.98. The van der Waals surface area contributed by atoms with Gasteiger partial charge in [-0.1, -0.05) is 19.9 Å². The normalized spacial score (nSPS) is 13.4. The van der Waals surface area contributed by atoms with Gasteiger partial charge in [0.15, 0.2) is 0 Å². The Morgan fingerprint density at radius 1 is 1.50 bits per heavy atom. The molecule has 4 nitrogen and oxygen atoms in total. The molecule has 0 aliphatic rings. The van der Waals surface area contributed by atoms with Crippen molar-refractivity contribution in [2.45, 2.75) is 13.8 Å². The second-order valence-electron chi connectivity index (χ2n) is 2.55. The first-order valence-corrected chi connectivity index (χ1v) is 3.69. The molecule has 0 aromatic heterocycles. The summed E-state index contributed by atoms with van der Waals surface area (Å²) in [6.45, 7) is 4.11. The summed E-state index contributed by atoms with van der Waals surface area (Å²) in [5.74, 6) is 0.710. The monoisotopic (exact) mass is 166 g/mol. The number of rotatable bonds is 4. The fourth-order valence-electron chi connectivity index (χ4n) is 0.449. The Morgan fingerprint density at radius 3 is 2.67 bits per heavy atom. The molecule has 0 saturated carbocycles. The first-order valence-electron chi connectivity index (χ1n) is 3.69. The number of nitrogens with two attached hydrogens (primary N) is 1. The minimum absolute atomic E-state index is 0.235. The van der Waals surface area contributed by atoms with E-state index in [4.69, 9.17) is 11.1 Å². The van der Waals surface area contributed by atoms with Gasteiger partial charge in [0.1, 0.15) is 12.2 Å². The molecule has 0 atom stereocenters. The SMILES string of the molecule is CC(C)/C=C/N=CC(N)=NC=N. The van der Waals surface area contributed by atoms with E-state index in [2.05, 4.69) is 23.8 Å². The predicted octanol–water partition coefficient (Wildman–Crippen LogP) is 1.19. The van der Waals surface area contributed by atoms with Crippen molar-refractivity contribution in [1.82, 2.24) is 0 Å². The second kappa shape index (κ2) is 6.27. The molecule has 4 heteroatoms. The maximum Gasteiger partial charge on any atom is 0.143 e. The third-order valence-electron chi connectivity index (χ3n) is 0.977. The Labute approximate surface area is 72.4 Å². The lowest BCUT2D eigenvalue weighted by Crippen LogP contribution is -2.12. The molecular weight excluding hydrogens is 152 g/mol. The molecule has 0 aliphatic carbocycles. The Balaban J connectivity index is 3.91. The van der Waals surface area contributed by atoms with E-state index in [-0.39, 0.29) is 5.84 Å². The summed E-state index contributed by atoms with van der Waals surface area (Å²) in [7, 11) is 0. The first kappa shape index (κ1) is 10.6. The number of aliphatic imine (C=N–C) groups is 2. The third kappa shape index (κ3) is 6.67. The molecule has 0 unspecified atom stereocenters. The lowest BCUT2D eigenvalue weighted by molar-refractivity contribution is 0.829. The van der Waals surface area contributed by atoms with Crippen molar-refractivity contribution in [2.24, 2.45) is 21.6 Å². The summed E-state index contributed by atoms with van der Waals surface area (Å²) in [6, 6.07) is 0. The van der Waals surface area contributed by atoms with Gasteiger partial charge in [-0.3, -0.25) is 10.4 Å². The topological polar surface area (TPSA) is 74.6 Å². The molecule has 0 radical (unpaired) electrons. The van der Waals surface area contributed by atoms with Crippen LogP contribution < -0.4 is 5.73 Å². The minimum atomic E-state index is 0.235. The van der Waals surface area contributed by atoms with Crippen LogP contribution in [0.15, 0.2) is 22.3 Å². The van der Waals surface area contributed by atoms with Crippen LogP contribution in [0.2, 0.25) is 0 Å². The molecule has 12 heavy (non-hydrogen) atoms. The predicted molar refractivity (Wildman–Crippen MR) is 52.9 cm³/mol. The number of hydrogen-bond acceptors (Lipinski definition) is 2. The Morgan fingerprint density at radius 2 is 2.17 bits per heavy atom. The Bertz CT molecular complexity index is 213. The highest BCUT2D eigenvalue weighted by atomic mass is 14.9. The zero-order valence-electron chi connectivity index (χ0n) is 7.36. The highest BCUT2D eigenvalue weighted by Crippen LogP contribution is 1.92. The maximum absolute atomic E-state index is 6.61. The zero-order chi connectivity index (χ0) is 9.40. The lowest BCUT2D eigenvalue weighted by Gasteiger charge is -1.89. The van der Waals surface area contributed by atoms with Gasteiger partial charge in [0.05, 0.1) is 6.21 Å². The Kier molecular flexibility index (Phi) is 5.51. The molecule has 0 amide bonds. The van der Waals surface area contributed by atoms with E-state index in [9.17, 15) is 0 Å². The van der Waals surface area contributed by atoms with Gasteiger partial charge in [0.2, 0.25) is 0 Å². The fraction of sp³-hybridized carbons (Fsp3) is 0.375. The van der Waals surface area contributed by atoms with Gasteiger partial charge in [-0.25, -0.2) is 4.99 Å². The van der Waals surface area contributed by atoms with E-state index in [1.54, 1.807) is 6.20 Å². The molecule has 0 spiro atoms. The van der Waals surface area contributed by atoms with E-state index in [0.717, 1.165) is 6.34 Å². The summed E-state index contributed by atoms with van der Waals surface area (Å²) >= 11 is 0. The lowest BCUT2D eigenvalue weighted by atomic mass is 10.2. The minimum Gasteiger partial charge on any atom is -0.382 e. The van der Waals surface area contributed by atoms with Gasteiger partial charge in [0.25, 0.3) is 0 Å². The van der Waals surface area contributed by atoms with Crippen molar-refractivity contribution in [3.8, 4) is 0 Å².